The number of aromatic nitrogens is 3. The fraction of sp³-hybridized carbons (Fsp3) is 0.217. The summed E-state index contributed by atoms with van der Waals surface area (Å²) in [6, 6.07) is 9.31. The Hall–Kier alpha value is -3.52. The summed E-state index contributed by atoms with van der Waals surface area (Å²) in [4.78, 5) is 22.6. The molecule has 4 aromatic rings. The van der Waals surface area contributed by atoms with Crippen LogP contribution in [0, 0.1) is 11.6 Å². The van der Waals surface area contributed by atoms with Crippen LogP contribution in [0.15, 0.2) is 59.8 Å². The van der Waals surface area contributed by atoms with Crippen LogP contribution in [0.1, 0.15) is 5.56 Å². The number of pyridine rings is 2. The lowest BCUT2D eigenvalue weighted by atomic mass is 10.1. The number of morpholine rings is 1. The normalized spacial score (nSPS) is 14.3. The van der Waals surface area contributed by atoms with E-state index in [2.05, 4.69) is 20.9 Å². The van der Waals surface area contributed by atoms with Crippen molar-refractivity contribution in [1.82, 2.24) is 14.5 Å². The molecular formula is C23H20F2N4O2. The Labute approximate surface area is 176 Å². The minimum Gasteiger partial charge on any atom is -0.378 e. The summed E-state index contributed by atoms with van der Waals surface area (Å²) in [6.07, 6.45) is 5.26. The molecule has 0 amide bonds. The Balaban J connectivity index is 1.48. The number of aromatic amines is 1. The molecule has 1 saturated heterocycles. The van der Waals surface area contributed by atoms with Crippen molar-refractivity contribution in [3.63, 3.8) is 0 Å². The first-order chi connectivity index (χ1) is 15.1. The van der Waals surface area contributed by atoms with E-state index in [4.69, 9.17) is 4.74 Å². The molecule has 8 heteroatoms. The standard InChI is InChI=1S/C23H20F2N4O2/c24-20-3-1-2-16(22(20)25)14-29-5-4-15(10-21(29)30)19-13-27-23-18(19)11-17(12-26-23)28-6-8-31-9-7-28/h1-5,10-13H,6-9,14H2,(H,26,27). The zero-order chi connectivity index (χ0) is 21.4. The molecule has 0 radical (unpaired) electrons. The van der Waals surface area contributed by atoms with Crippen LogP contribution in [-0.4, -0.2) is 40.8 Å². The predicted molar refractivity (Wildman–Crippen MR) is 114 cm³/mol. The summed E-state index contributed by atoms with van der Waals surface area (Å²) in [5.74, 6) is -1.86. The van der Waals surface area contributed by atoms with Crippen LogP contribution < -0.4 is 10.5 Å². The largest absolute Gasteiger partial charge is 0.378 e. The smallest absolute Gasteiger partial charge is 0.251 e. The highest BCUT2D eigenvalue weighted by atomic mass is 19.2. The second-order valence-corrected chi connectivity index (χ2v) is 7.49. The van der Waals surface area contributed by atoms with E-state index in [-0.39, 0.29) is 17.7 Å². The van der Waals surface area contributed by atoms with Crippen molar-refractivity contribution in [3.05, 3.63) is 82.5 Å². The number of H-pyrrole nitrogens is 1. The van der Waals surface area contributed by atoms with Gasteiger partial charge in [-0.2, -0.15) is 0 Å². The molecule has 1 N–H and O–H groups in total. The molecule has 4 heterocycles. The fourth-order valence-electron chi connectivity index (χ4n) is 3.89. The molecule has 1 fully saturated rings. The third-order valence-corrected chi connectivity index (χ3v) is 5.57. The van der Waals surface area contributed by atoms with Gasteiger partial charge in [0.2, 0.25) is 0 Å². The van der Waals surface area contributed by atoms with E-state index in [0.717, 1.165) is 47.0 Å². The van der Waals surface area contributed by atoms with Gasteiger partial charge in [-0.15, -0.1) is 0 Å². The molecule has 0 spiro atoms. The maximum absolute atomic E-state index is 14.0. The van der Waals surface area contributed by atoms with Gasteiger partial charge in [0.05, 0.1) is 31.6 Å². The molecule has 0 bridgehead atoms. The number of fused-ring (bicyclic) bond motifs is 1. The molecule has 3 aromatic heterocycles. The van der Waals surface area contributed by atoms with E-state index in [1.807, 2.05) is 12.4 Å². The highest BCUT2D eigenvalue weighted by Gasteiger charge is 2.15. The van der Waals surface area contributed by atoms with Crippen LogP contribution in [-0.2, 0) is 11.3 Å². The first-order valence-corrected chi connectivity index (χ1v) is 10.0. The van der Waals surface area contributed by atoms with Crippen molar-refractivity contribution < 1.29 is 13.5 Å². The van der Waals surface area contributed by atoms with Gasteiger partial charge in [0, 0.05) is 48.1 Å². The zero-order valence-corrected chi connectivity index (χ0v) is 16.6. The Morgan fingerprint density at radius 2 is 1.97 bits per heavy atom. The monoisotopic (exact) mass is 422 g/mol. The molecule has 31 heavy (non-hydrogen) atoms. The van der Waals surface area contributed by atoms with Crippen LogP contribution in [0.4, 0.5) is 14.5 Å². The minimum absolute atomic E-state index is 0.0423. The van der Waals surface area contributed by atoms with Gasteiger partial charge in [-0.25, -0.2) is 13.8 Å². The summed E-state index contributed by atoms with van der Waals surface area (Å²) in [7, 11) is 0. The van der Waals surface area contributed by atoms with E-state index in [0.29, 0.717) is 13.2 Å². The molecule has 1 aliphatic rings. The predicted octanol–water partition coefficient (Wildman–Crippen LogP) is 3.55. The van der Waals surface area contributed by atoms with Crippen molar-refractivity contribution in [3.8, 4) is 11.1 Å². The number of benzene rings is 1. The number of anilines is 1. The Bertz CT molecular complexity index is 1310. The van der Waals surface area contributed by atoms with Gasteiger partial charge >= 0.3 is 0 Å². The number of hydrogen-bond donors (Lipinski definition) is 1. The number of halogens is 2. The zero-order valence-electron chi connectivity index (χ0n) is 16.6. The van der Waals surface area contributed by atoms with Crippen molar-refractivity contribution in [2.75, 3.05) is 31.2 Å². The lowest BCUT2D eigenvalue weighted by Gasteiger charge is -2.28. The van der Waals surface area contributed by atoms with Crippen LogP contribution in [0.3, 0.4) is 0 Å². The molecule has 0 saturated carbocycles. The third kappa shape index (κ3) is 3.70. The van der Waals surface area contributed by atoms with Crippen LogP contribution in [0.2, 0.25) is 0 Å². The van der Waals surface area contributed by atoms with Crippen LogP contribution >= 0.6 is 0 Å². The van der Waals surface area contributed by atoms with Gasteiger partial charge in [0.25, 0.3) is 5.56 Å². The van der Waals surface area contributed by atoms with E-state index in [1.165, 1.54) is 22.8 Å². The SMILES string of the molecule is O=c1cc(-c2c[nH]c3ncc(N4CCOCC4)cc23)ccn1Cc1cccc(F)c1F. The quantitative estimate of drug-likeness (QED) is 0.546. The summed E-state index contributed by atoms with van der Waals surface area (Å²) < 4.78 is 34.2. The summed E-state index contributed by atoms with van der Waals surface area (Å²) >= 11 is 0. The average Bonchev–Trinajstić information content (AvgIpc) is 3.22. The lowest BCUT2D eigenvalue weighted by Crippen LogP contribution is -2.36. The minimum atomic E-state index is -0.933. The summed E-state index contributed by atoms with van der Waals surface area (Å²) in [6.45, 7) is 2.93. The maximum atomic E-state index is 14.0. The highest BCUT2D eigenvalue weighted by Crippen LogP contribution is 2.30. The number of ether oxygens (including phenoxy) is 1. The first-order valence-electron chi connectivity index (χ1n) is 10.0. The highest BCUT2D eigenvalue weighted by molar-refractivity contribution is 5.95. The summed E-state index contributed by atoms with van der Waals surface area (Å²) in [5, 5.41) is 0.914. The molecule has 0 atom stereocenters. The van der Waals surface area contributed by atoms with Gasteiger partial charge in [-0.1, -0.05) is 12.1 Å². The van der Waals surface area contributed by atoms with Gasteiger partial charge in [0.1, 0.15) is 5.65 Å². The molecule has 1 aromatic carbocycles. The maximum Gasteiger partial charge on any atom is 0.251 e. The first kappa shape index (κ1) is 19.4. The van der Waals surface area contributed by atoms with Crippen molar-refractivity contribution in [1.29, 1.82) is 0 Å². The van der Waals surface area contributed by atoms with E-state index in [1.54, 1.807) is 12.3 Å². The Morgan fingerprint density at radius 1 is 1.13 bits per heavy atom. The van der Waals surface area contributed by atoms with E-state index < -0.39 is 11.6 Å². The molecule has 6 nitrogen and oxygen atoms in total. The lowest BCUT2D eigenvalue weighted by molar-refractivity contribution is 0.122. The van der Waals surface area contributed by atoms with E-state index in [9.17, 15) is 13.6 Å². The third-order valence-electron chi connectivity index (χ3n) is 5.57. The molecular weight excluding hydrogens is 402 g/mol. The van der Waals surface area contributed by atoms with Gasteiger partial charge < -0.3 is 19.2 Å². The van der Waals surface area contributed by atoms with Gasteiger partial charge in [-0.05, 0) is 23.8 Å². The molecule has 158 valence electrons. The second kappa shape index (κ2) is 7.96. The molecule has 0 unspecified atom stereocenters. The summed E-state index contributed by atoms with van der Waals surface area (Å²) in [5.41, 5.74) is 3.16. The second-order valence-electron chi connectivity index (χ2n) is 7.49. The van der Waals surface area contributed by atoms with E-state index >= 15 is 0 Å². The van der Waals surface area contributed by atoms with Crippen LogP contribution in [0.25, 0.3) is 22.2 Å². The van der Waals surface area contributed by atoms with Crippen molar-refractivity contribution in [2.24, 2.45) is 0 Å². The van der Waals surface area contributed by atoms with Gasteiger partial charge in [0.15, 0.2) is 11.6 Å². The van der Waals surface area contributed by atoms with Crippen molar-refractivity contribution in [2.45, 2.75) is 6.54 Å². The van der Waals surface area contributed by atoms with Crippen molar-refractivity contribution >= 4 is 16.7 Å². The molecule has 5 rings (SSSR count). The molecule has 1 aliphatic heterocycles. The van der Waals surface area contributed by atoms with Crippen LogP contribution in [0.5, 0.6) is 0 Å². The number of hydrogen-bond acceptors (Lipinski definition) is 4. The number of nitrogens with one attached hydrogen (secondary N) is 1. The van der Waals surface area contributed by atoms with Gasteiger partial charge in [-0.3, -0.25) is 4.79 Å². The Morgan fingerprint density at radius 3 is 2.77 bits per heavy atom. The number of rotatable bonds is 4. The fourth-order valence-corrected chi connectivity index (χ4v) is 3.89. The Kier molecular flexibility index (Phi) is 4.99. The number of nitrogens with zero attached hydrogens (tertiary/aromatic N) is 3. The topological polar surface area (TPSA) is 63.1 Å². The molecule has 0 aliphatic carbocycles. The average molecular weight is 422 g/mol.